The number of hydrogen-bond donors (Lipinski definition) is 2. The molecule has 0 bridgehead atoms. The van der Waals surface area contributed by atoms with Crippen LogP contribution in [0.4, 0.5) is 5.69 Å². The van der Waals surface area contributed by atoms with Crippen LogP contribution in [0.1, 0.15) is 11.7 Å². The number of nitro groups is 1. The number of amides is 1. The van der Waals surface area contributed by atoms with Crippen molar-refractivity contribution in [2.45, 2.75) is 12.1 Å². The molecule has 0 aliphatic rings. The molecule has 2 aromatic carbocycles. The summed E-state index contributed by atoms with van der Waals surface area (Å²) in [6.07, 6.45) is -1.50. The molecule has 2 rings (SSSR count). The molecule has 0 spiro atoms. The van der Waals surface area contributed by atoms with Crippen LogP contribution in [0.25, 0.3) is 0 Å². The average molecular weight is 382 g/mol. The first-order valence-electron chi connectivity index (χ1n) is 7.49. The summed E-state index contributed by atoms with van der Waals surface area (Å²) in [5, 5.41) is 34.1. The zero-order valence-corrected chi connectivity index (χ0v) is 16.4. The number of nitrogens with one attached hydrogen (secondary N) is 1. The number of rotatable bonds is 8. The van der Waals surface area contributed by atoms with Crippen LogP contribution in [0.3, 0.4) is 0 Å². The summed E-state index contributed by atoms with van der Waals surface area (Å²) in [5.74, 6) is -2.25. The number of aliphatic carboxylic acids is 1. The van der Waals surface area contributed by atoms with Gasteiger partial charge in [-0.25, -0.2) is 0 Å². The van der Waals surface area contributed by atoms with E-state index in [0.717, 1.165) is 0 Å². The van der Waals surface area contributed by atoms with Crippen molar-refractivity contribution in [1.82, 2.24) is 5.32 Å². The Morgan fingerprint density at radius 3 is 2.22 bits per heavy atom. The second kappa shape index (κ2) is 10.6. The van der Waals surface area contributed by atoms with Crippen molar-refractivity contribution in [2.24, 2.45) is 0 Å². The van der Waals surface area contributed by atoms with Crippen LogP contribution < -0.4 is 44.7 Å². The summed E-state index contributed by atoms with van der Waals surface area (Å²) in [6.45, 7) is -0.539. The van der Waals surface area contributed by atoms with Gasteiger partial charge in [-0.2, -0.15) is 0 Å². The van der Waals surface area contributed by atoms with Gasteiger partial charge < -0.3 is 25.1 Å². The first-order valence-corrected chi connectivity index (χ1v) is 7.49. The number of nitrogens with zero attached hydrogens (tertiary/aromatic N) is 1. The summed E-state index contributed by atoms with van der Waals surface area (Å²) in [6, 6.07) is 11.3. The Balaban J connectivity index is 0.00000364. The molecule has 0 fully saturated rings. The molecule has 2 aromatic rings. The maximum Gasteiger partial charge on any atom is 1.00 e. The predicted octanol–water partition coefficient (Wildman–Crippen LogP) is -3.05. The van der Waals surface area contributed by atoms with Crippen molar-refractivity contribution in [1.29, 1.82) is 0 Å². The molecule has 0 saturated carbocycles. The number of benzene rings is 2. The van der Waals surface area contributed by atoms with E-state index < -0.39 is 35.6 Å². The largest absolute Gasteiger partial charge is 1.00 e. The van der Waals surface area contributed by atoms with Crippen LogP contribution in [0.15, 0.2) is 54.6 Å². The third kappa shape index (κ3) is 6.65. The van der Waals surface area contributed by atoms with E-state index >= 15 is 0 Å². The van der Waals surface area contributed by atoms with Gasteiger partial charge in [-0.3, -0.25) is 14.9 Å². The SMILES string of the molecule is O=C(COc1ccc([N+](=O)[O-])cc1)NC(C(=O)[O-])C(O)c1ccccc1.[Na+]. The fourth-order valence-corrected chi connectivity index (χ4v) is 2.14. The summed E-state index contributed by atoms with van der Waals surface area (Å²) in [5.41, 5.74) is 0.170. The molecule has 0 aromatic heterocycles. The van der Waals surface area contributed by atoms with Gasteiger partial charge in [0.25, 0.3) is 11.6 Å². The van der Waals surface area contributed by atoms with Crippen molar-refractivity contribution in [3.8, 4) is 5.75 Å². The van der Waals surface area contributed by atoms with Gasteiger partial charge in [0.2, 0.25) is 0 Å². The number of carbonyl (C=O) groups is 2. The molecule has 2 atom stereocenters. The number of non-ortho nitro benzene ring substituents is 1. The van der Waals surface area contributed by atoms with Gasteiger partial charge in [-0.15, -0.1) is 0 Å². The van der Waals surface area contributed by atoms with E-state index in [2.05, 4.69) is 5.32 Å². The number of ether oxygens (including phenoxy) is 1. The molecule has 0 heterocycles. The Morgan fingerprint density at radius 2 is 1.70 bits per heavy atom. The normalized spacial score (nSPS) is 12.2. The van der Waals surface area contributed by atoms with Gasteiger partial charge in [-0.1, -0.05) is 30.3 Å². The second-order valence-electron chi connectivity index (χ2n) is 5.26. The third-order valence-corrected chi connectivity index (χ3v) is 3.44. The van der Waals surface area contributed by atoms with Crippen molar-refractivity contribution >= 4 is 17.6 Å². The van der Waals surface area contributed by atoms with E-state index in [1.165, 1.54) is 36.4 Å². The van der Waals surface area contributed by atoms with Crippen molar-refractivity contribution in [2.75, 3.05) is 6.61 Å². The number of carboxylic acids is 1. The number of aliphatic hydroxyl groups is 1. The minimum atomic E-state index is -1.66. The molecule has 27 heavy (non-hydrogen) atoms. The summed E-state index contributed by atoms with van der Waals surface area (Å²) >= 11 is 0. The quantitative estimate of drug-likeness (QED) is 0.281. The van der Waals surface area contributed by atoms with Crippen LogP contribution in [-0.4, -0.2) is 34.6 Å². The Hall–Kier alpha value is -2.46. The van der Waals surface area contributed by atoms with Gasteiger partial charge in [0.15, 0.2) is 6.61 Å². The van der Waals surface area contributed by atoms with E-state index in [1.807, 2.05) is 0 Å². The molecule has 0 aliphatic heterocycles. The first-order chi connectivity index (χ1) is 12.4. The summed E-state index contributed by atoms with van der Waals surface area (Å²) < 4.78 is 5.14. The second-order valence-corrected chi connectivity index (χ2v) is 5.26. The molecule has 2 unspecified atom stereocenters. The van der Waals surface area contributed by atoms with Gasteiger partial charge in [0.05, 0.1) is 16.9 Å². The Bertz CT molecular complexity index is 784. The number of carbonyl (C=O) groups excluding carboxylic acids is 2. The molecule has 10 heteroatoms. The van der Waals surface area contributed by atoms with Crippen LogP contribution in [0, 0.1) is 10.1 Å². The van der Waals surface area contributed by atoms with Crippen molar-refractivity contribution in [3.63, 3.8) is 0 Å². The van der Waals surface area contributed by atoms with E-state index in [0.29, 0.717) is 5.56 Å². The minimum absolute atomic E-state index is 0. The standard InChI is InChI=1S/C17H16N2O7.Na/c20-14(10-26-13-8-6-12(7-9-13)19(24)25)18-15(17(22)23)16(21)11-4-2-1-3-5-11;/h1-9,15-16,21H,10H2,(H,18,20)(H,22,23);/q;+1/p-1. The van der Waals surface area contributed by atoms with Crippen LogP contribution >= 0.6 is 0 Å². The van der Waals surface area contributed by atoms with Gasteiger partial charge >= 0.3 is 29.6 Å². The number of aliphatic hydroxyl groups excluding tert-OH is 1. The maximum atomic E-state index is 11.9. The topological polar surface area (TPSA) is 142 Å². The molecular weight excluding hydrogens is 367 g/mol. The molecule has 136 valence electrons. The molecule has 1 amide bonds. The molecule has 9 nitrogen and oxygen atoms in total. The van der Waals surface area contributed by atoms with E-state index in [1.54, 1.807) is 18.2 Å². The Kier molecular flexibility index (Phi) is 8.89. The first kappa shape index (κ1) is 22.6. The smallest absolute Gasteiger partial charge is 0.548 e. The fraction of sp³-hybridized carbons (Fsp3) is 0.176. The Labute approximate surface area is 176 Å². The van der Waals surface area contributed by atoms with Gasteiger partial charge in [0, 0.05) is 12.1 Å². The average Bonchev–Trinajstić information content (AvgIpc) is 2.64. The van der Waals surface area contributed by atoms with E-state index in [-0.39, 0.29) is 41.0 Å². The summed E-state index contributed by atoms with van der Waals surface area (Å²) in [7, 11) is 0. The predicted molar refractivity (Wildman–Crippen MR) is 86.9 cm³/mol. The molecule has 2 N–H and O–H groups in total. The fourth-order valence-electron chi connectivity index (χ4n) is 2.14. The zero-order chi connectivity index (χ0) is 19.1. The van der Waals surface area contributed by atoms with Crippen molar-refractivity contribution in [3.05, 3.63) is 70.3 Å². The maximum absolute atomic E-state index is 11.9. The van der Waals surface area contributed by atoms with Crippen LogP contribution in [0.2, 0.25) is 0 Å². The number of nitro benzene ring substituents is 1. The minimum Gasteiger partial charge on any atom is -0.548 e. The zero-order valence-electron chi connectivity index (χ0n) is 14.4. The van der Waals surface area contributed by atoms with E-state index in [4.69, 9.17) is 4.74 Å². The molecule has 0 aliphatic carbocycles. The number of hydrogen-bond acceptors (Lipinski definition) is 7. The van der Waals surface area contributed by atoms with Crippen LogP contribution in [0.5, 0.6) is 5.75 Å². The molecular formula is C17H15N2NaO7. The van der Waals surface area contributed by atoms with Crippen LogP contribution in [-0.2, 0) is 9.59 Å². The number of carboxylic acid groups (broad SMARTS) is 1. The molecule has 0 saturated heterocycles. The third-order valence-electron chi connectivity index (χ3n) is 3.44. The van der Waals surface area contributed by atoms with Crippen molar-refractivity contribution < 1.29 is 59.0 Å². The van der Waals surface area contributed by atoms with Gasteiger partial charge in [-0.05, 0) is 17.7 Å². The molecule has 0 radical (unpaired) electrons. The van der Waals surface area contributed by atoms with E-state index in [9.17, 15) is 29.9 Å². The monoisotopic (exact) mass is 382 g/mol. The summed E-state index contributed by atoms with van der Waals surface area (Å²) in [4.78, 5) is 33.1. The van der Waals surface area contributed by atoms with Gasteiger partial charge in [0.1, 0.15) is 11.9 Å². The Morgan fingerprint density at radius 1 is 1.11 bits per heavy atom.